The normalized spacial score (nSPS) is 23.8. The highest BCUT2D eigenvalue weighted by Gasteiger charge is 2.47. The van der Waals surface area contributed by atoms with E-state index in [1.807, 2.05) is 51.1 Å². The summed E-state index contributed by atoms with van der Waals surface area (Å²) in [6.07, 6.45) is 4.96. The topological polar surface area (TPSA) is 46.6 Å². The number of benzene rings is 1. The fourth-order valence-electron chi connectivity index (χ4n) is 3.20. The van der Waals surface area contributed by atoms with Gasteiger partial charge in [0.25, 0.3) is 0 Å². The van der Waals surface area contributed by atoms with Crippen molar-refractivity contribution in [2.75, 3.05) is 4.90 Å². The fraction of sp³-hybridized carbons (Fsp3) is 0.444. The monoisotopic (exact) mass is 299 g/mol. The second-order valence-electron chi connectivity index (χ2n) is 7.02. The molecular weight excluding hydrogens is 278 g/mol. The molecule has 2 aliphatic rings. The zero-order valence-corrected chi connectivity index (χ0v) is 13.3. The lowest BCUT2D eigenvalue weighted by Crippen LogP contribution is -2.51. The molecule has 0 N–H and O–H groups in total. The van der Waals surface area contributed by atoms with Gasteiger partial charge in [-0.3, -0.25) is 9.69 Å². The lowest BCUT2D eigenvalue weighted by Gasteiger charge is -2.38. The Labute approximate surface area is 130 Å². The molecule has 1 aliphatic carbocycles. The van der Waals surface area contributed by atoms with Gasteiger partial charge in [0.1, 0.15) is 5.60 Å². The number of allylic oxidation sites excluding steroid dienone is 1. The van der Waals surface area contributed by atoms with Crippen molar-refractivity contribution in [3.63, 3.8) is 0 Å². The first-order valence-corrected chi connectivity index (χ1v) is 7.64. The van der Waals surface area contributed by atoms with E-state index in [9.17, 15) is 9.59 Å². The first-order chi connectivity index (χ1) is 10.3. The highest BCUT2D eigenvalue weighted by atomic mass is 16.6. The van der Waals surface area contributed by atoms with Crippen molar-refractivity contribution in [3.8, 4) is 0 Å². The van der Waals surface area contributed by atoms with E-state index in [2.05, 4.69) is 0 Å². The summed E-state index contributed by atoms with van der Waals surface area (Å²) >= 11 is 0. The van der Waals surface area contributed by atoms with Gasteiger partial charge in [-0.05, 0) is 44.9 Å². The first kappa shape index (κ1) is 14.8. The molecule has 3 rings (SSSR count). The third-order valence-electron chi connectivity index (χ3n) is 4.13. The number of carbonyl (C=O) groups is 2. The van der Waals surface area contributed by atoms with Crippen LogP contribution >= 0.6 is 0 Å². The fourth-order valence-corrected chi connectivity index (χ4v) is 3.20. The zero-order valence-electron chi connectivity index (χ0n) is 13.3. The Morgan fingerprint density at radius 2 is 2.00 bits per heavy atom. The van der Waals surface area contributed by atoms with Crippen molar-refractivity contribution in [3.05, 3.63) is 42.0 Å². The maximum Gasteiger partial charge on any atom is 0.415 e. The molecule has 0 radical (unpaired) electrons. The van der Waals surface area contributed by atoms with Crippen LogP contribution in [0.15, 0.2) is 36.4 Å². The molecule has 1 amide bonds. The van der Waals surface area contributed by atoms with E-state index in [-0.39, 0.29) is 11.9 Å². The van der Waals surface area contributed by atoms with Crippen molar-refractivity contribution < 1.29 is 14.3 Å². The zero-order chi connectivity index (χ0) is 16.0. The second-order valence-corrected chi connectivity index (χ2v) is 7.02. The van der Waals surface area contributed by atoms with E-state index in [4.69, 9.17) is 4.74 Å². The molecule has 0 fully saturated rings. The minimum atomic E-state index is -0.552. The van der Waals surface area contributed by atoms with Crippen LogP contribution in [0.25, 0.3) is 0 Å². The summed E-state index contributed by atoms with van der Waals surface area (Å²) in [4.78, 5) is 26.1. The SMILES string of the molecule is CC(C)(C)OC(=O)N1c2ccccc2C[C@@]12C=CC(=O)CC2. The van der Waals surface area contributed by atoms with E-state index in [0.717, 1.165) is 17.7 Å². The number of amides is 1. The Balaban J connectivity index is 2.03. The number of anilines is 1. The van der Waals surface area contributed by atoms with E-state index in [1.54, 1.807) is 11.0 Å². The first-order valence-electron chi connectivity index (χ1n) is 7.64. The van der Waals surface area contributed by atoms with Crippen molar-refractivity contribution in [1.82, 2.24) is 0 Å². The van der Waals surface area contributed by atoms with Gasteiger partial charge in [0.2, 0.25) is 0 Å². The number of fused-ring (bicyclic) bond motifs is 1. The maximum absolute atomic E-state index is 12.8. The average Bonchev–Trinajstić information content (AvgIpc) is 2.74. The predicted octanol–water partition coefficient (Wildman–Crippen LogP) is 3.64. The van der Waals surface area contributed by atoms with Gasteiger partial charge in [0, 0.05) is 12.8 Å². The number of ether oxygens (including phenoxy) is 1. The average molecular weight is 299 g/mol. The molecule has 22 heavy (non-hydrogen) atoms. The smallest absolute Gasteiger partial charge is 0.415 e. The molecule has 0 unspecified atom stereocenters. The molecule has 1 heterocycles. The van der Waals surface area contributed by atoms with E-state index in [0.29, 0.717) is 12.8 Å². The largest absolute Gasteiger partial charge is 0.443 e. The molecule has 4 heteroatoms. The number of hydrogen-bond donors (Lipinski definition) is 0. The molecule has 1 aromatic rings. The molecular formula is C18H21NO3. The van der Waals surface area contributed by atoms with E-state index >= 15 is 0 Å². The summed E-state index contributed by atoms with van der Waals surface area (Å²) in [5, 5.41) is 0. The minimum Gasteiger partial charge on any atom is -0.443 e. The van der Waals surface area contributed by atoms with Crippen LogP contribution in [0.5, 0.6) is 0 Å². The van der Waals surface area contributed by atoms with Crippen molar-refractivity contribution in [2.24, 2.45) is 0 Å². The molecule has 1 atom stereocenters. The molecule has 1 aromatic carbocycles. The number of hydrogen-bond acceptors (Lipinski definition) is 3. The van der Waals surface area contributed by atoms with Gasteiger partial charge in [-0.15, -0.1) is 0 Å². The van der Waals surface area contributed by atoms with Crippen molar-refractivity contribution >= 4 is 17.6 Å². The van der Waals surface area contributed by atoms with Crippen molar-refractivity contribution in [2.45, 2.75) is 51.2 Å². The Morgan fingerprint density at radius 3 is 2.64 bits per heavy atom. The predicted molar refractivity (Wildman–Crippen MR) is 85.0 cm³/mol. The van der Waals surface area contributed by atoms with Gasteiger partial charge in [-0.1, -0.05) is 24.3 Å². The summed E-state index contributed by atoms with van der Waals surface area (Å²) in [7, 11) is 0. The van der Waals surface area contributed by atoms with Gasteiger partial charge >= 0.3 is 6.09 Å². The lowest BCUT2D eigenvalue weighted by atomic mass is 9.84. The third-order valence-corrected chi connectivity index (χ3v) is 4.13. The quantitative estimate of drug-likeness (QED) is 0.734. The number of para-hydroxylation sites is 1. The molecule has 0 aromatic heterocycles. The summed E-state index contributed by atoms with van der Waals surface area (Å²) in [6.45, 7) is 5.58. The maximum atomic E-state index is 12.8. The molecule has 0 saturated heterocycles. The van der Waals surface area contributed by atoms with Crippen LogP contribution in [0, 0.1) is 0 Å². The van der Waals surface area contributed by atoms with E-state index in [1.165, 1.54) is 0 Å². The van der Waals surface area contributed by atoms with Crippen LogP contribution in [0.3, 0.4) is 0 Å². The Bertz CT molecular complexity index is 657. The molecule has 0 saturated carbocycles. The highest BCUT2D eigenvalue weighted by Crippen LogP contribution is 2.44. The minimum absolute atomic E-state index is 0.116. The Morgan fingerprint density at radius 1 is 1.27 bits per heavy atom. The van der Waals surface area contributed by atoms with Crippen LogP contribution in [0.1, 0.15) is 39.2 Å². The molecule has 116 valence electrons. The second kappa shape index (κ2) is 4.97. The highest BCUT2D eigenvalue weighted by molar-refractivity contribution is 5.96. The molecule has 1 aliphatic heterocycles. The number of nitrogens with zero attached hydrogens (tertiary/aromatic N) is 1. The summed E-state index contributed by atoms with van der Waals surface area (Å²) in [5.74, 6) is 0.116. The van der Waals surface area contributed by atoms with Crippen LogP contribution in [0.2, 0.25) is 0 Å². The number of ketones is 1. The molecule has 1 spiro atoms. The van der Waals surface area contributed by atoms with Crippen molar-refractivity contribution in [1.29, 1.82) is 0 Å². The Hall–Kier alpha value is -2.10. The van der Waals surface area contributed by atoms with Gasteiger partial charge in [-0.25, -0.2) is 4.79 Å². The van der Waals surface area contributed by atoms with Gasteiger partial charge < -0.3 is 4.74 Å². The Kier molecular flexibility index (Phi) is 3.35. The van der Waals surface area contributed by atoms with Gasteiger partial charge in [0.05, 0.1) is 11.2 Å². The number of rotatable bonds is 0. The third kappa shape index (κ3) is 2.54. The van der Waals surface area contributed by atoms with Crippen LogP contribution < -0.4 is 4.90 Å². The number of carbonyl (C=O) groups excluding carboxylic acids is 2. The van der Waals surface area contributed by atoms with Gasteiger partial charge in [-0.2, -0.15) is 0 Å². The lowest BCUT2D eigenvalue weighted by molar-refractivity contribution is -0.115. The van der Waals surface area contributed by atoms with Crippen LogP contribution in [0.4, 0.5) is 10.5 Å². The van der Waals surface area contributed by atoms with Crippen LogP contribution in [-0.4, -0.2) is 23.0 Å². The molecule has 0 bridgehead atoms. The van der Waals surface area contributed by atoms with Crippen LogP contribution in [-0.2, 0) is 16.0 Å². The summed E-state index contributed by atoms with van der Waals surface area (Å²) in [6, 6.07) is 7.87. The molecule has 4 nitrogen and oxygen atoms in total. The van der Waals surface area contributed by atoms with Gasteiger partial charge in [0.15, 0.2) is 5.78 Å². The summed E-state index contributed by atoms with van der Waals surface area (Å²) in [5.41, 5.74) is 0.979. The van der Waals surface area contributed by atoms with E-state index < -0.39 is 11.1 Å². The standard InChI is InChI=1S/C18H21NO3/c1-17(2,3)22-16(21)19-15-7-5-4-6-13(15)12-18(19)10-8-14(20)9-11-18/h4-8,10H,9,11-12H2,1-3H3/t18-/m0/s1. The summed E-state index contributed by atoms with van der Waals surface area (Å²) < 4.78 is 5.60.